The highest BCUT2D eigenvalue weighted by molar-refractivity contribution is 4.79. The molecule has 0 bridgehead atoms. The van der Waals surface area contributed by atoms with E-state index in [2.05, 4.69) is 0 Å². The fourth-order valence-electron chi connectivity index (χ4n) is 2.40. The molecule has 29 heavy (non-hydrogen) atoms. The predicted molar refractivity (Wildman–Crippen MR) is 117 cm³/mol. The van der Waals surface area contributed by atoms with E-state index >= 15 is 0 Å². The van der Waals surface area contributed by atoms with E-state index < -0.39 is 0 Å². The van der Waals surface area contributed by atoms with Crippen molar-refractivity contribution in [1.29, 1.82) is 0 Å². The molecule has 0 aliphatic carbocycles. The topological polar surface area (TPSA) is 64.6 Å². The van der Waals surface area contributed by atoms with E-state index in [1.54, 1.807) is 0 Å². The Morgan fingerprint density at radius 2 is 0.759 bits per heavy atom. The van der Waals surface area contributed by atoms with E-state index in [4.69, 9.17) is 33.2 Å². The summed E-state index contributed by atoms with van der Waals surface area (Å²) in [7, 11) is 0. The van der Waals surface area contributed by atoms with Crippen molar-refractivity contribution < 1.29 is 33.2 Å². The SMILES string of the molecule is CCOCC(COCC)(COCC)COCC.CCOCC(COCC)OCC. The molecular weight excluding hydrogens is 376 g/mol. The summed E-state index contributed by atoms with van der Waals surface area (Å²) in [5.74, 6) is 0. The van der Waals surface area contributed by atoms with Crippen LogP contribution in [0.25, 0.3) is 0 Å². The molecule has 0 saturated heterocycles. The fourth-order valence-corrected chi connectivity index (χ4v) is 2.40. The largest absolute Gasteiger partial charge is 0.381 e. The number of hydrogen-bond donors (Lipinski definition) is 0. The third-order valence-electron chi connectivity index (χ3n) is 3.87. The second-order valence-corrected chi connectivity index (χ2v) is 6.44. The molecular formula is C22H48O7. The van der Waals surface area contributed by atoms with Crippen LogP contribution in [-0.2, 0) is 33.2 Å². The molecule has 0 aliphatic rings. The molecule has 0 amide bonds. The van der Waals surface area contributed by atoms with Gasteiger partial charge in [-0.25, -0.2) is 0 Å². The Labute approximate surface area is 179 Å². The van der Waals surface area contributed by atoms with Gasteiger partial charge in [0, 0.05) is 46.2 Å². The van der Waals surface area contributed by atoms with E-state index in [0.717, 1.165) is 13.2 Å². The van der Waals surface area contributed by atoms with Gasteiger partial charge in [-0.15, -0.1) is 0 Å². The summed E-state index contributed by atoms with van der Waals surface area (Å²) in [6.07, 6.45) is 0.0925. The molecule has 0 aromatic carbocycles. The van der Waals surface area contributed by atoms with Crippen LogP contribution in [0.3, 0.4) is 0 Å². The minimum absolute atomic E-state index is 0.0925. The number of rotatable bonds is 20. The molecule has 0 aromatic rings. The van der Waals surface area contributed by atoms with E-state index in [-0.39, 0.29) is 11.5 Å². The van der Waals surface area contributed by atoms with Gasteiger partial charge in [0.05, 0.1) is 45.1 Å². The molecule has 178 valence electrons. The minimum atomic E-state index is -0.183. The maximum atomic E-state index is 5.55. The van der Waals surface area contributed by atoms with Crippen molar-refractivity contribution >= 4 is 0 Å². The third kappa shape index (κ3) is 19.4. The summed E-state index contributed by atoms with van der Waals surface area (Å²) in [5.41, 5.74) is -0.183. The summed E-state index contributed by atoms with van der Waals surface area (Å²) >= 11 is 0. The molecule has 0 saturated carbocycles. The molecule has 7 nitrogen and oxygen atoms in total. The Kier molecular flexibility index (Phi) is 25.6. The number of hydrogen-bond acceptors (Lipinski definition) is 7. The predicted octanol–water partition coefficient (Wildman–Crippen LogP) is 3.58. The van der Waals surface area contributed by atoms with Crippen LogP contribution in [0.1, 0.15) is 48.5 Å². The molecule has 0 heterocycles. The van der Waals surface area contributed by atoms with Crippen LogP contribution >= 0.6 is 0 Å². The smallest absolute Gasteiger partial charge is 0.104 e. The Balaban J connectivity index is 0. The van der Waals surface area contributed by atoms with E-state index in [0.29, 0.717) is 72.7 Å². The molecule has 0 aromatic heterocycles. The van der Waals surface area contributed by atoms with Gasteiger partial charge in [-0.2, -0.15) is 0 Å². The zero-order chi connectivity index (χ0) is 22.2. The van der Waals surface area contributed by atoms with Gasteiger partial charge in [0.2, 0.25) is 0 Å². The summed E-state index contributed by atoms with van der Waals surface area (Å²) < 4.78 is 38.1. The Morgan fingerprint density at radius 3 is 1.00 bits per heavy atom. The van der Waals surface area contributed by atoms with Crippen LogP contribution in [-0.4, -0.2) is 92.0 Å². The lowest BCUT2D eigenvalue weighted by Gasteiger charge is -2.32. The first-order valence-corrected chi connectivity index (χ1v) is 11.2. The lowest BCUT2D eigenvalue weighted by Crippen LogP contribution is -2.41. The first-order valence-electron chi connectivity index (χ1n) is 11.2. The number of ether oxygens (including phenoxy) is 7. The first-order chi connectivity index (χ1) is 14.1. The van der Waals surface area contributed by atoms with Crippen molar-refractivity contribution in [2.75, 3.05) is 85.9 Å². The van der Waals surface area contributed by atoms with Crippen molar-refractivity contribution in [3.05, 3.63) is 0 Å². The summed E-state index contributed by atoms with van der Waals surface area (Å²) in [5, 5.41) is 0. The van der Waals surface area contributed by atoms with Crippen LogP contribution in [0.5, 0.6) is 0 Å². The molecule has 0 N–H and O–H groups in total. The van der Waals surface area contributed by atoms with Gasteiger partial charge in [-0.3, -0.25) is 0 Å². The average molecular weight is 425 g/mol. The van der Waals surface area contributed by atoms with Gasteiger partial charge >= 0.3 is 0 Å². The minimum Gasteiger partial charge on any atom is -0.381 e. The molecule has 0 rings (SSSR count). The molecule has 0 aliphatic heterocycles. The summed E-state index contributed by atoms with van der Waals surface area (Å²) in [6, 6.07) is 0. The zero-order valence-electron chi connectivity index (χ0n) is 20.1. The van der Waals surface area contributed by atoms with Crippen molar-refractivity contribution in [2.45, 2.75) is 54.6 Å². The second-order valence-electron chi connectivity index (χ2n) is 6.44. The Hall–Kier alpha value is -0.280. The standard InChI is InChI=1S/C13H28O4.C9H20O3/c1-5-14-9-13(10-15-6-2,11-16-7-3)12-17-8-4;1-4-10-7-9(12-6-3)8-11-5-2/h5-12H2,1-4H3;9H,4-8H2,1-3H3. The molecule has 0 unspecified atom stereocenters. The van der Waals surface area contributed by atoms with Crippen LogP contribution in [0.15, 0.2) is 0 Å². The van der Waals surface area contributed by atoms with Crippen molar-refractivity contribution in [1.82, 2.24) is 0 Å². The van der Waals surface area contributed by atoms with Crippen molar-refractivity contribution in [2.24, 2.45) is 5.41 Å². The van der Waals surface area contributed by atoms with Crippen molar-refractivity contribution in [3.63, 3.8) is 0 Å². The molecule has 0 spiro atoms. The fraction of sp³-hybridized carbons (Fsp3) is 1.00. The van der Waals surface area contributed by atoms with E-state index in [1.807, 2.05) is 48.5 Å². The third-order valence-corrected chi connectivity index (χ3v) is 3.87. The maximum Gasteiger partial charge on any atom is 0.104 e. The highest BCUT2D eigenvalue weighted by Gasteiger charge is 2.31. The lowest BCUT2D eigenvalue weighted by molar-refractivity contribution is -0.101. The quantitative estimate of drug-likeness (QED) is 0.296. The van der Waals surface area contributed by atoms with E-state index in [1.165, 1.54) is 0 Å². The van der Waals surface area contributed by atoms with Gasteiger partial charge in [0.15, 0.2) is 0 Å². The Morgan fingerprint density at radius 1 is 0.448 bits per heavy atom. The van der Waals surface area contributed by atoms with Crippen LogP contribution in [0.4, 0.5) is 0 Å². The first kappa shape index (κ1) is 30.9. The van der Waals surface area contributed by atoms with Gasteiger partial charge in [0.1, 0.15) is 6.10 Å². The average Bonchev–Trinajstić information content (AvgIpc) is 2.75. The van der Waals surface area contributed by atoms with Crippen molar-refractivity contribution in [3.8, 4) is 0 Å². The summed E-state index contributed by atoms with van der Waals surface area (Å²) in [4.78, 5) is 0. The molecule has 0 fully saturated rings. The highest BCUT2D eigenvalue weighted by atomic mass is 16.6. The lowest BCUT2D eigenvalue weighted by atomic mass is 9.92. The highest BCUT2D eigenvalue weighted by Crippen LogP contribution is 2.20. The monoisotopic (exact) mass is 424 g/mol. The molecule has 0 atom stereocenters. The van der Waals surface area contributed by atoms with Crippen LogP contribution in [0, 0.1) is 5.41 Å². The maximum absolute atomic E-state index is 5.55. The zero-order valence-corrected chi connectivity index (χ0v) is 20.1. The second kappa shape index (κ2) is 24.0. The van der Waals surface area contributed by atoms with Gasteiger partial charge in [-0.05, 0) is 48.5 Å². The molecule has 0 radical (unpaired) electrons. The summed E-state index contributed by atoms with van der Waals surface area (Å²) in [6.45, 7) is 22.6. The van der Waals surface area contributed by atoms with E-state index in [9.17, 15) is 0 Å². The van der Waals surface area contributed by atoms with Gasteiger partial charge in [0.25, 0.3) is 0 Å². The van der Waals surface area contributed by atoms with Crippen LogP contribution in [0.2, 0.25) is 0 Å². The van der Waals surface area contributed by atoms with Gasteiger partial charge < -0.3 is 33.2 Å². The Bertz CT molecular complexity index is 257. The van der Waals surface area contributed by atoms with Crippen LogP contribution < -0.4 is 0 Å². The normalized spacial score (nSPS) is 11.6. The van der Waals surface area contributed by atoms with Gasteiger partial charge in [-0.1, -0.05) is 0 Å². The molecule has 7 heteroatoms.